The van der Waals surface area contributed by atoms with Crippen LogP contribution >= 0.6 is 0 Å². The summed E-state index contributed by atoms with van der Waals surface area (Å²) in [5.74, 6) is 3.20. The van der Waals surface area contributed by atoms with E-state index in [0.717, 1.165) is 23.8 Å². The van der Waals surface area contributed by atoms with Gasteiger partial charge in [0.15, 0.2) is 0 Å². The van der Waals surface area contributed by atoms with E-state index in [1.165, 1.54) is 58.3 Å². The Bertz CT molecular complexity index is 247. The van der Waals surface area contributed by atoms with Crippen molar-refractivity contribution < 1.29 is 0 Å². The first kappa shape index (κ1) is 12.0. The number of likely N-dealkylation sites (tertiary alicyclic amines) is 1. The fourth-order valence-corrected chi connectivity index (χ4v) is 4.60. The van der Waals surface area contributed by atoms with Crippen LogP contribution in [0.4, 0.5) is 0 Å². The first-order valence-electron chi connectivity index (χ1n) is 7.81. The summed E-state index contributed by atoms with van der Waals surface area (Å²) in [6.07, 6.45) is 8.97. The third-order valence-electron chi connectivity index (χ3n) is 5.58. The Morgan fingerprint density at radius 3 is 2.76 bits per heavy atom. The molecule has 2 saturated carbocycles. The largest absolute Gasteiger partial charge is 0.315 e. The fraction of sp³-hybridized carbons (Fsp3) is 1.00. The highest BCUT2D eigenvalue weighted by Gasteiger charge is 2.39. The van der Waals surface area contributed by atoms with E-state index in [1.807, 2.05) is 0 Å². The van der Waals surface area contributed by atoms with Crippen LogP contribution in [0.3, 0.4) is 0 Å². The standard InChI is InChI=1S/C15H28N2/c1-2-17-7-3-4-15(17)11-16-10-14-9-12-5-6-13(14)8-12/h12-16H,2-11H2,1H3. The molecule has 1 N–H and O–H groups in total. The molecule has 4 atom stereocenters. The molecule has 0 aromatic carbocycles. The Kier molecular flexibility index (Phi) is 3.72. The molecule has 3 rings (SSSR count). The Balaban J connectivity index is 1.37. The van der Waals surface area contributed by atoms with E-state index in [9.17, 15) is 0 Å². The molecule has 0 aromatic rings. The Morgan fingerprint density at radius 1 is 1.12 bits per heavy atom. The van der Waals surface area contributed by atoms with E-state index in [-0.39, 0.29) is 0 Å². The third kappa shape index (κ3) is 2.53. The average Bonchev–Trinajstić information content (AvgIpc) is 3.04. The molecule has 0 spiro atoms. The zero-order valence-corrected chi connectivity index (χ0v) is 11.3. The summed E-state index contributed by atoms with van der Waals surface area (Å²) in [5.41, 5.74) is 0. The van der Waals surface area contributed by atoms with Crippen molar-refractivity contribution >= 4 is 0 Å². The number of nitrogens with one attached hydrogen (secondary N) is 1. The maximum absolute atomic E-state index is 3.78. The van der Waals surface area contributed by atoms with Gasteiger partial charge >= 0.3 is 0 Å². The van der Waals surface area contributed by atoms with Gasteiger partial charge in [-0.15, -0.1) is 0 Å². The highest BCUT2D eigenvalue weighted by molar-refractivity contribution is 4.91. The molecule has 0 amide bonds. The molecule has 1 heterocycles. The van der Waals surface area contributed by atoms with Crippen molar-refractivity contribution in [2.24, 2.45) is 17.8 Å². The van der Waals surface area contributed by atoms with Crippen molar-refractivity contribution in [2.45, 2.75) is 51.5 Å². The topological polar surface area (TPSA) is 15.3 Å². The molecule has 98 valence electrons. The molecule has 17 heavy (non-hydrogen) atoms. The molecular formula is C15H28N2. The number of hydrogen-bond donors (Lipinski definition) is 1. The summed E-state index contributed by atoms with van der Waals surface area (Å²) in [7, 11) is 0. The number of fused-ring (bicyclic) bond motifs is 2. The minimum Gasteiger partial charge on any atom is -0.315 e. The van der Waals surface area contributed by atoms with Crippen molar-refractivity contribution in [3.63, 3.8) is 0 Å². The van der Waals surface area contributed by atoms with Crippen LogP contribution < -0.4 is 5.32 Å². The second kappa shape index (κ2) is 5.27. The van der Waals surface area contributed by atoms with Gasteiger partial charge in [0, 0.05) is 12.6 Å². The molecule has 0 radical (unpaired) electrons. The highest BCUT2D eigenvalue weighted by Crippen LogP contribution is 2.47. The monoisotopic (exact) mass is 236 g/mol. The van der Waals surface area contributed by atoms with Crippen LogP contribution in [0.2, 0.25) is 0 Å². The van der Waals surface area contributed by atoms with Gasteiger partial charge in [-0.1, -0.05) is 13.3 Å². The molecule has 3 fully saturated rings. The van der Waals surface area contributed by atoms with Crippen molar-refractivity contribution in [1.29, 1.82) is 0 Å². The van der Waals surface area contributed by atoms with Gasteiger partial charge in [0.2, 0.25) is 0 Å². The first-order valence-corrected chi connectivity index (χ1v) is 7.81. The van der Waals surface area contributed by atoms with Crippen LogP contribution in [0.1, 0.15) is 45.4 Å². The normalized spacial score (nSPS) is 41.5. The average molecular weight is 236 g/mol. The van der Waals surface area contributed by atoms with Crippen LogP contribution in [0, 0.1) is 17.8 Å². The number of likely N-dealkylation sites (N-methyl/N-ethyl adjacent to an activating group) is 1. The number of rotatable bonds is 5. The predicted molar refractivity (Wildman–Crippen MR) is 72.1 cm³/mol. The molecule has 2 nitrogen and oxygen atoms in total. The Labute approximate surface area is 106 Å². The zero-order chi connectivity index (χ0) is 11.7. The molecule has 2 bridgehead atoms. The zero-order valence-electron chi connectivity index (χ0n) is 11.3. The van der Waals surface area contributed by atoms with E-state index in [0.29, 0.717) is 0 Å². The summed E-state index contributed by atoms with van der Waals surface area (Å²) < 4.78 is 0. The Morgan fingerprint density at radius 2 is 2.06 bits per heavy atom. The van der Waals surface area contributed by atoms with E-state index < -0.39 is 0 Å². The van der Waals surface area contributed by atoms with Crippen LogP contribution in [0.5, 0.6) is 0 Å². The van der Waals surface area contributed by atoms with Gasteiger partial charge in [-0.3, -0.25) is 4.90 Å². The van der Waals surface area contributed by atoms with Crippen molar-refractivity contribution in [1.82, 2.24) is 10.2 Å². The minimum absolute atomic E-state index is 0.832. The number of nitrogens with zero attached hydrogens (tertiary/aromatic N) is 1. The minimum atomic E-state index is 0.832. The maximum atomic E-state index is 3.78. The molecule has 2 heteroatoms. The van der Waals surface area contributed by atoms with Crippen LogP contribution in [0.15, 0.2) is 0 Å². The molecule has 0 aromatic heterocycles. The van der Waals surface area contributed by atoms with E-state index >= 15 is 0 Å². The SMILES string of the molecule is CCN1CCCC1CNCC1CC2CCC1C2. The molecule has 3 aliphatic rings. The van der Waals surface area contributed by atoms with Crippen LogP contribution in [0.25, 0.3) is 0 Å². The Hall–Kier alpha value is -0.0800. The van der Waals surface area contributed by atoms with Gasteiger partial charge < -0.3 is 5.32 Å². The van der Waals surface area contributed by atoms with Gasteiger partial charge in [0.1, 0.15) is 0 Å². The van der Waals surface area contributed by atoms with Gasteiger partial charge in [0.05, 0.1) is 0 Å². The fourth-order valence-electron chi connectivity index (χ4n) is 4.60. The van der Waals surface area contributed by atoms with Crippen molar-refractivity contribution in [3.8, 4) is 0 Å². The molecule has 1 saturated heterocycles. The predicted octanol–water partition coefficient (Wildman–Crippen LogP) is 2.50. The molecule has 4 unspecified atom stereocenters. The second-order valence-electron chi connectivity index (χ2n) is 6.52. The van der Waals surface area contributed by atoms with E-state index in [4.69, 9.17) is 0 Å². The highest BCUT2D eigenvalue weighted by atomic mass is 15.2. The van der Waals surface area contributed by atoms with Gasteiger partial charge in [-0.05, 0) is 69.5 Å². The summed E-state index contributed by atoms with van der Waals surface area (Å²) in [4.78, 5) is 2.65. The van der Waals surface area contributed by atoms with Gasteiger partial charge in [-0.2, -0.15) is 0 Å². The summed E-state index contributed by atoms with van der Waals surface area (Å²) in [6.45, 7) is 7.41. The third-order valence-corrected chi connectivity index (χ3v) is 5.58. The number of hydrogen-bond acceptors (Lipinski definition) is 2. The van der Waals surface area contributed by atoms with E-state index in [1.54, 1.807) is 6.42 Å². The second-order valence-corrected chi connectivity index (χ2v) is 6.52. The van der Waals surface area contributed by atoms with E-state index in [2.05, 4.69) is 17.1 Å². The lowest BCUT2D eigenvalue weighted by Gasteiger charge is -2.26. The lowest BCUT2D eigenvalue weighted by atomic mass is 9.89. The lowest BCUT2D eigenvalue weighted by Crippen LogP contribution is -2.39. The van der Waals surface area contributed by atoms with Crippen molar-refractivity contribution in [3.05, 3.63) is 0 Å². The smallest absolute Gasteiger partial charge is 0.0220 e. The quantitative estimate of drug-likeness (QED) is 0.789. The summed E-state index contributed by atoms with van der Waals surface area (Å²) in [6, 6.07) is 0.832. The maximum Gasteiger partial charge on any atom is 0.0220 e. The van der Waals surface area contributed by atoms with Crippen LogP contribution in [-0.4, -0.2) is 37.1 Å². The molecule has 2 aliphatic carbocycles. The summed E-state index contributed by atoms with van der Waals surface area (Å²) in [5, 5.41) is 3.78. The lowest BCUT2D eigenvalue weighted by molar-refractivity contribution is 0.248. The van der Waals surface area contributed by atoms with Gasteiger partial charge in [0.25, 0.3) is 0 Å². The van der Waals surface area contributed by atoms with Gasteiger partial charge in [-0.25, -0.2) is 0 Å². The summed E-state index contributed by atoms with van der Waals surface area (Å²) >= 11 is 0. The molecule has 1 aliphatic heterocycles. The van der Waals surface area contributed by atoms with Crippen LogP contribution in [-0.2, 0) is 0 Å². The molecular weight excluding hydrogens is 208 g/mol. The van der Waals surface area contributed by atoms with Crippen molar-refractivity contribution in [2.75, 3.05) is 26.2 Å². The first-order chi connectivity index (χ1) is 8.36.